The highest BCUT2D eigenvalue weighted by Crippen LogP contribution is 2.14. The van der Waals surface area contributed by atoms with E-state index in [1.807, 2.05) is 0 Å². The highest BCUT2D eigenvalue weighted by Gasteiger charge is 2.13. The quantitative estimate of drug-likeness (QED) is 0.844. The molecule has 0 aliphatic heterocycles. The van der Waals surface area contributed by atoms with Gasteiger partial charge >= 0.3 is 0 Å². The Bertz CT molecular complexity index is 575. The Kier molecular flexibility index (Phi) is 3.12. The van der Waals surface area contributed by atoms with E-state index < -0.39 is 10.0 Å². The van der Waals surface area contributed by atoms with Gasteiger partial charge in [0.05, 0.1) is 17.1 Å². The maximum Gasteiger partial charge on any atom is 0.240 e. The SMILES string of the molecule is O=S(=O)(NCc1ccon1)c1ccc(O)cc1. The zero-order chi connectivity index (χ0) is 12.3. The fourth-order valence-electron chi connectivity index (χ4n) is 1.21. The summed E-state index contributed by atoms with van der Waals surface area (Å²) in [6, 6.07) is 6.83. The molecule has 0 unspecified atom stereocenters. The van der Waals surface area contributed by atoms with Crippen LogP contribution in [0.15, 0.2) is 46.0 Å². The number of hydrogen-bond acceptors (Lipinski definition) is 5. The van der Waals surface area contributed by atoms with Crippen LogP contribution >= 0.6 is 0 Å². The van der Waals surface area contributed by atoms with Crippen LogP contribution in [0.5, 0.6) is 5.75 Å². The summed E-state index contributed by atoms with van der Waals surface area (Å²) in [6.07, 6.45) is 1.37. The van der Waals surface area contributed by atoms with Crippen LogP contribution in [-0.2, 0) is 16.6 Å². The van der Waals surface area contributed by atoms with Crippen molar-refractivity contribution in [1.82, 2.24) is 9.88 Å². The Morgan fingerprint density at radius 3 is 2.53 bits per heavy atom. The molecule has 0 atom stereocenters. The van der Waals surface area contributed by atoms with E-state index in [9.17, 15) is 8.42 Å². The smallest absolute Gasteiger partial charge is 0.240 e. The summed E-state index contributed by atoms with van der Waals surface area (Å²) in [7, 11) is -3.60. The van der Waals surface area contributed by atoms with E-state index in [4.69, 9.17) is 5.11 Å². The molecule has 0 saturated heterocycles. The minimum absolute atomic E-state index is 0.0143. The van der Waals surface area contributed by atoms with Crippen molar-refractivity contribution in [3.8, 4) is 5.75 Å². The van der Waals surface area contributed by atoms with E-state index >= 15 is 0 Å². The van der Waals surface area contributed by atoms with Crippen LogP contribution in [0.1, 0.15) is 5.69 Å². The van der Waals surface area contributed by atoms with E-state index in [0.29, 0.717) is 5.69 Å². The molecule has 17 heavy (non-hydrogen) atoms. The first-order valence-electron chi connectivity index (χ1n) is 4.76. The van der Waals surface area contributed by atoms with E-state index in [2.05, 4.69) is 14.4 Å². The Morgan fingerprint density at radius 1 is 1.24 bits per heavy atom. The maximum absolute atomic E-state index is 11.8. The van der Waals surface area contributed by atoms with Crippen LogP contribution in [0.3, 0.4) is 0 Å². The minimum atomic E-state index is -3.60. The number of hydrogen-bond donors (Lipinski definition) is 2. The molecule has 0 amide bonds. The van der Waals surface area contributed by atoms with Gasteiger partial charge in [-0.05, 0) is 24.3 Å². The Hall–Kier alpha value is -1.86. The van der Waals surface area contributed by atoms with Crippen LogP contribution in [0, 0.1) is 0 Å². The second-order valence-electron chi connectivity index (χ2n) is 3.31. The van der Waals surface area contributed by atoms with Gasteiger partial charge in [0.1, 0.15) is 12.0 Å². The molecule has 0 radical (unpaired) electrons. The lowest BCUT2D eigenvalue weighted by molar-refractivity contribution is 0.411. The number of benzene rings is 1. The molecular formula is C10H10N2O4S. The van der Waals surface area contributed by atoms with Crippen LogP contribution < -0.4 is 4.72 Å². The summed E-state index contributed by atoms with van der Waals surface area (Å²) >= 11 is 0. The summed E-state index contributed by atoms with van der Waals surface area (Å²) in [5.41, 5.74) is 0.493. The molecule has 2 rings (SSSR count). The molecule has 1 aromatic heterocycles. The van der Waals surface area contributed by atoms with Gasteiger partial charge in [-0.1, -0.05) is 5.16 Å². The van der Waals surface area contributed by atoms with Crippen LogP contribution in [0.2, 0.25) is 0 Å². The summed E-state index contributed by atoms with van der Waals surface area (Å²) in [6.45, 7) is 0.0553. The molecule has 2 N–H and O–H groups in total. The van der Waals surface area contributed by atoms with Crippen molar-refractivity contribution in [3.05, 3.63) is 42.3 Å². The molecule has 0 saturated carbocycles. The van der Waals surface area contributed by atoms with Crippen molar-refractivity contribution in [2.24, 2.45) is 0 Å². The van der Waals surface area contributed by atoms with Gasteiger partial charge in [-0.25, -0.2) is 13.1 Å². The van der Waals surface area contributed by atoms with Gasteiger partial charge in [0.25, 0.3) is 0 Å². The first-order chi connectivity index (χ1) is 8.08. The van der Waals surface area contributed by atoms with Gasteiger partial charge in [0.15, 0.2) is 0 Å². The van der Waals surface area contributed by atoms with Crippen molar-refractivity contribution in [3.63, 3.8) is 0 Å². The standard InChI is InChI=1S/C10H10N2O4S/c13-9-1-3-10(4-2-9)17(14,15)11-7-8-5-6-16-12-8/h1-6,11,13H,7H2. The number of nitrogens with zero attached hydrogens (tertiary/aromatic N) is 1. The molecule has 0 fully saturated rings. The number of aromatic nitrogens is 1. The first kappa shape index (κ1) is 11.6. The molecular weight excluding hydrogens is 244 g/mol. The van der Waals surface area contributed by atoms with Gasteiger partial charge < -0.3 is 9.63 Å². The number of phenolic OH excluding ortho intramolecular Hbond substituents is 1. The minimum Gasteiger partial charge on any atom is -0.508 e. The predicted octanol–water partition coefficient (Wildman–Crippen LogP) is 0.859. The van der Waals surface area contributed by atoms with Gasteiger partial charge in [-0.2, -0.15) is 0 Å². The van der Waals surface area contributed by atoms with Gasteiger partial charge in [0, 0.05) is 6.07 Å². The van der Waals surface area contributed by atoms with Crippen molar-refractivity contribution in [1.29, 1.82) is 0 Å². The fourth-order valence-corrected chi connectivity index (χ4v) is 2.21. The Morgan fingerprint density at radius 2 is 1.94 bits per heavy atom. The van der Waals surface area contributed by atoms with Crippen molar-refractivity contribution in [2.75, 3.05) is 0 Å². The summed E-state index contributed by atoms with van der Waals surface area (Å²) in [5, 5.41) is 12.7. The number of aromatic hydroxyl groups is 1. The highest BCUT2D eigenvalue weighted by molar-refractivity contribution is 7.89. The first-order valence-corrected chi connectivity index (χ1v) is 6.24. The van der Waals surface area contributed by atoms with Crippen LogP contribution in [0.4, 0.5) is 0 Å². The lowest BCUT2D eigenvalue weighted by Gasteiger charge is -2.04. The number of rotatable bonds is 4. The number of sulfonamides is 1. The second kappa shape index (κ2) is 4.56. The largest absolute Gasteiger partial charge is 0.508 e. The molecule has 1 aromatic carbocycles. The van der Waals surface area contributed by atoms with Crippen LogP contribution in [0.25, 0.3) is 0 Å². The second-order valence-corrected chi connectivity index (χ2v) is 5.08. The van der Waals surface area contributed by atoms with Gasteiger partial charge in [0.2, 0.25) is 10.0 Å². The molecule has 0 spiro atoms. The lowest BCUT2D eigenvalue weighted by atomic mass is 10.3. The average Bonchev–Trinajstić information content (AvgIpc) is 2.80. The van der Waals surface area contributed by atoms with E-state index in [1.54, 1.807) is 6.07 Å². The van der Waals surface area contributed by atoms with Crippen molar-refractivity contribution >= 4 is 10.0 Å². The normalized spacial score (nSPS) is 11.5. The van der Waals surface area contributed by atoms with E-state index in [0.717, 1.165) is 0 Å². The Labute approximate surface area is 97.9 Å². The zero-order valence-electron chi connectivity index (χ0n) is 8.70. The molecule has 90 valence electrons. The lowest BCUT2D eigenvalue weighted by Crippen LogP contribution is -2.23. The van der Waals surface area contributed by atoms with Gasteiger partial charge in [-0.3, -0.25) is 0 Å². The topological polar surface area (TPSA) is 92.4 Å². The molecule has 0 aliphatic carbocycles. The van der Waals surface area contributed by atoms with Crippen LogP contribution in [-0.4, -0.2) is 18.7 Å². The molecule has 7 heteroatoms. The highest BCUT2D eigenvalue weighted by atomic mass is 32.2. The van der Waals surface area contributed by atoms with Gasteiger partial charge in [-0.15, -0.1) is 0 Å². The van der Waals surface area contributed by atoms with E-state index in [-0.39, 0.29) is 17.2 Å². The van der Waals surface area contributed by atoms with E-state index in [1.165, 1.54) is 30.5 Å². The van der Waals surface area contributed by atoms with Crippen molar-refractivity contribution in [2.45, 2.75) is 11.4 Å². The number of nitrogens with one attached hydrogen (secondary N) is 1. The fraction of sp³-hybridized carbons (Fsp3) is 0.100. The Balaban J connectivity index is 2.11. The molecule has 1 heterocycles. The maximum atomic E-state index is 11.8. The third kappa shape index (κ3) is 2.83. The molecule has 0 aliphatic rings. The summed E-state index contributed by atoms with van der Waals surface area (Å²) < 4.78 is 30.5. The zero-order valence-corrected chi connectivity index (χ0v) is 9.52. The average molecular weight is 254 g/mol. The van der Waals surface area contributed by atoms with Crippen molar-refractivity contribution < 1.29 is 18.0 Å². The summed E-state index contributed by atoms with van der Waals surface area (Å²) in [4.78, 5) is 0.0822. The molecule has 2 aromatic rings. The third-order valence-electron chi connectivity index (χ3n) is 2.08. The third-order valence-corrected chi connectivity index (χ3v) is 3.50. The molecule has 6 nitrogen and oxygen atoms in total. The number of phenols is 1. The monoisotopic (exact) mass is 254 g/mol. The summed E-state index contributed by atoms with van der Waals surface area (Å²) in [5.74, 6) is 0.0143. The molecule has 0 bridgehead atoms. The predicted molar refractivity (Wildman–Crippen MR) is 58.6 cm³/mol.